The molecule has 0 radical (unpaired) electrons. The molecule has 0 aliphatic rings. The molecule has 0 aliphatic carbocycles. The molecule has 3 rings (SSSR count). The molecule has 8 heteroatoms. The van der Waals surface area contributed by atoms with Crippen LogP contribution in [0.25, 0.3) is 5.82 Å². The highest BCUT2D eigenvalue weighted by Crippen LogP contribution is 2.21. The van der Waals surface area contributed by atoms with E-state index in [0.29, 0.717) is 0 Å². The number of benzene rings is 1. The molecule has 152 valence electrons. The Morgan fingerprint density at radius 1 is 1.31 bits per heavy atom. The van der Waals surface area contributed by atoms with Crippen molar-refractivity contribution in [3.8, 4) is 11.6 Å². The molecule has 1 N–H and O–H groups in total. The first-order chi connectivity index (χ1) is 13.9. The number of nitrogens with zero attached hydrogens (tertiary/aromatic N) is 4. The van der Waals surface area contributed by atoms with Crippen LogP contribution in [-0.4, -0.2) is 33.1 Å². The first-order valence-corrected chi connectivity index (χ1v) is 9.30. The molecule has 2 heterocycles. The maximum absolute atomic E-state index is 13.1. The molecule has 0 unspecified atom stereocenters. The highest BCUT2D eigenvalue weighted by atomic mass is 19.1. The van der Waals surface area contributed by atoms with Gasteiger partial charge in [0.25, 0.3) is 5.91 Å². The summed E-state index contributed by atoms with van der Waals surface area (Å²) in [5, 5.41) is 8.40. The number of carbonyl (C=O) groups is 1. The Hall–Kier alpha value is -3.42. The van der Waals surface area contributed by atoms with E-state index in [4.69, 9.17) is 4.74 Å². The molecule has 0 fully saturated rings. The van der Waals surface area contributed by atoms with Gasteiger partial charge < -0.3 is 9.30 Å². The number of amides is 1. The molecule has 0 spiro atoms. The van der Waals surface area contributed by atoms with Crippen LogP contribution in [0.4, 0.5) is 4.39 Å². The summed E-state index contributed by atoms with van der Waals surface area (Å²) in [5.41, 5.74) is 5.32. The summed E-state index contributed by atoms with van der Waals surface area (Å²) in [4.78, 5) is 11.9. The van der Waals surface area contributed by atoms with Crippen molar-refractivity contribution in [2.45, 2.75) is 33.7 Å². The molecular formula is C21H24FN5O2. The number of hydrogen-bond donors (Lipinski definition) is 1. The number of aromatic nitrogens is 3. The highest BCUT2D eigenvalue weighted by Gasteiger charge is 2.14. The van der Waals surface area contributed by atoms with Crippen LogP contribution in [0.3, 0.4) is 0 Å². The SMILES string of the molecule is Cc1cc(/C=N\NC(=O)COc2cccc(F)c2)c(C)n1-c1ccnn1C(C)C. The van der Waals surface area contributed by atoms with Gasteiger partial charge in [-0.2, -0.15) is 10.2 Å². The third-order valence-corrected chi connectivity index (χ3v) is 4.40. The number of nitrogens with one attached hydrogen (secondary N) is 1. The van der Waals surface area contributed by atoms with Crippen LogP contribution in [0, 0.1) is 19.7 Å². The topological polar surface area (TPSA) is 73.4 Å². The molecule has 29 heavy (non-hydrogen) atoms. The summed E-state index contributed by atoms with van der Waals surface area (Å²) in [6.07, 6.45) is 3.37. The minimum atomic E-state index is -0.433. The van der Waals surface area contributed by atoms with E-state index in [1.54, 1.807) is 18.5 Å². The Bertz CT molecular complexity index is 1040. The number of ether oxygens (including phenoxy) is 1. The van der Waals surface area contributed by atoms with Crippen LogP contribution in [0.15, 0.2) is 47.7 Å². The van der Waals surface area contributed by atoms with Crippen molar-refractivity contribution in [3.05, 3.63) is 65.4 Å². The molecule has 2 aromatic heterocycles. The lowest BCUT2D eigenvalue weighted by molar-refractivity contribution is -0.123. The molecule has 0 atom stereocenters. The Labute approximate surface area is 168 Å². The highest BCUT2D eigenvalue weighted by molar-refractivity contribution is 5.84. The van der Waals surface area contributed by atoms with E-state index in [2.05, 4.69) is 34.0 Å². The summed E-state index contributed by atoms with van der Waals surface area (Å²) in [6.45, 7) is 7.89. The maximum atomic E-state index is 13.1. The van der Waals surface area contributed by atoms with Crippen molar-refractivity contribution in [3.63, 3.8) is 0 Å². The minimum Gasteiger partial charge on any atom is -0.484 e. The van der Waals surface area contributed by atoms with Crippen molar-refractivity contribution in [1.82, 2.24) is 19.8 Å². The van der Waals surface area contributed by atoms with Crippen LogP contribution in [-0.2, 0) is 4.79 Å². The van der Waals surface area contributed by atoms with Crippen LogP contribution in [0.5, 0.6) is 5.75 Å². The number of aryl methyl sites for hydroxylation is 1. The lowest BCUT2D eigenvalue weighted by Crippen LogP contribution is -2.24. The fourth-order valence-corrected chi connectivity index (χ4v) is 3.06. The molecule has 7 nitrogen and oxygen atoms in total. The summed E-state index contributed by atoms with van der Waals surface area (Å²) in [6, 6.07) is 9.81. The number of halogens is 1. The first-order valence-electron chi connectivity index (χ1n) is 9.30. The lowest BCUT2D eigenvalue weighted by Gasteiger charge is -2.14. The van der Waals surface area contributed by atoms with Gasteiger partial charge in [-0.1, -0.05) is 6.07 Å². The second-order valence-corrected chi connectivity index (χ2v) is 6.93. The van der Waals surface area contributed by atoms with Gasteiger partial charge in [0.2, 0.25) is 0 Å². The molecule has 0 aliphatic heterocycles. The van der Waals surface area contributed by atoms with Gasteiger partial charge in [0, 0.05) is 35.1 Å². The molecule has 0 saturated heterocycles. The number of rotatable bonds is 7. The van der Waals surface area contributed by atoms with Crippen molar-refractivity contribution in [1.29, 1.82) is 0 Å². The Kier molecular flexibility index (Phi) is 6.11. The molecular weight excluding hydrogens is 373 g/mol. The van der Waals surface area contributed by atoms with Crippen molar-refractivity contribution in [2.24, 2.45) is 5.10 Å². The van der Waals surface area contributed by atoms with Crippen LogP contribution in [0.1, 0.15) is 36.8 Å². The van der Waals surface area contributed by atoms with Crippen molar-refractivity contribution >= 4 is 12.1 Å². The van der Waals surface area contributed by atoms with Gasteiger partial charge in [-0.15, -0.1) is 0 Å². The Morgan fingerprint density at radius 2 is 2.10 bits per heavy atom. The van der Waals surface area contributed by atoms with Gasteiger partial charge in [-0.3, -0.25) is 4.79 Å². The largest absolute Gasteiger partial charge is 0.484 e. The molecule has 1 amide bonds. The Morgan fingerprint density at radius 3 is 2.83 bits per heavy atom. The van der Waals surface area contributed by atoms with E-state index < -0.39 is 11.7 Å². The average molecular weight is 397 g/mol. The summed E-state index contributed by atoms with van der Waals surface area (Å²) in [5.74, 6) is 0.406. The van der Waals surface area contributed by atoms with E-state index in [-0.39, 0.29) is 18.4 Å². The van der Waals surface area contributed by atoms with E-state index in [1.807, 2.05) is 30.7 Å². The predicted octanol–water partition coefficient (Wildman–Crippen LogP) is 3.54. The maximum Gasteiger partial charge on any atom is 0.277 e. The van der Waals surface area contributed by atoms with Gasteiger partial charge in [-0.25, -0.2) is 14.5 Å². The third-order valence-electron chi connectivity index (χ3n) is 4.40. The second-order valence-electron chi connectivity index (χ2n) is 6.93. The van der Waals surface area contributed by atoms with Gasteiger partial charge in [0.1, 0.15) is 17.4 Å². The number of hydrogen-bond acceptors (Lipinski definition) is 4. The van der Waals surface area contributed by atoms with Crippen molar-refractivity contribution in [2.75, 3.05) is 6.61 Å². The Balaban J connectivity index is 1.65. The van der Waals surface area contributed by atoms with Crippen LogP contribution in [0.2, 0.25) is 0 Å². The average Bonchev–Trinajstić information content (AvgIpc) is 3.25. The zero-order valence-corrected chi connectivity index (χ0v) is 16.9. The van der Waals surface area contributed by atoms with Crippen LogP contribution < -0.4 is 10.2 Å². The molecule has 0 bridgehead atoms. The summed E-state index contributed by atoms with van der Waals surface area (Å²) in [7, 11) is 0. The number of hydrazone groups is 1. The van der Waals surface area contributed by atoms with E-state index >= 15 is 0 Å². The number of carbonyl (C=O) groups excluding carboxylic acids is 1. The normalized spacial score (nSPS) is 11.4. The molecule has 3 aromatic rings. The smallest absolute Gasteiger partial charge is 0.277 e. The lowest BCUT2D eigenvalue weighted by atomic mass is 10.3. The van der Waals surface area contributed by atoms with Gasteiger partial charge in [-0.05, 0) is 45.9 Å². The summed E-state index contributed by atoms with van der Waals surface area (Å²) < 4.78 is 22.4. The summed E-state index contributed by atoms with van der Waals surface area (Å²) >= 11 is 0. The zero-order chi connectivity index (χ0) is 21.0. The van der Waals surface area contributed by atoms with E-state index in [0.717, 1.165) is 22.8 Å². The van der Waals surface area contributed by atoms with E-state index in [9.17, 15) is 9.18 Å². The predicted molar refractivity (Wildman–Crippen MR) is 109 cm³/mol. The monoisotopic (exact) mass is 397 g/mol. The molecule has 0 saturated carbocycles. The fraction of sp³-hybridized carbons (Fsp3) is 0.286. The van der Waals surface area contributed by atoms with Crippen LogP contribution >= 0.6 is 0 Å². The molecule has 1 aromatic carbocycles. The third kappa shape index (κ3) is 4.71. The quantitative estimate of drug-likeness (QED) is 0.490. The van der Waals surface area contributed by atoms with Gasteiger partial charge in [0.05, 0.1) is 12.4 Å². The standard InChI is InChI=1S/C21H24FN5O2/c1-14(2)27-21(8-9-24-27)26-15(3)10-17(16(26)4)12-23-25-20(28)13-29-19-7-5-6-18(22)11-19/h5-12,14H,13H2,1-4H3,(H,25,28)/b23-12-. The van der Waals surface area contributed by atoms with Gasteiger partial charge in [0.15, 0.2) is 6.61 Å². The zero-order valence-electron chi connectivity index (χ0n) is 16.9. The fourth-order valence-electron chi connectivity index (χ4n) is 3.06. The van der Waals surface area contributed by atoms with E-state index in [1.165, 1.54) is 18.2 Å². The van der Waals surface area contributed by atoms with Crippen molar-refractivity contribution < 1.29 is 13.9 Å². The first kappa shape index (κ1) is 20.3. The second kappa shape index (κ2) is 8.72. The van der Waals surface area contributed by atoms with Gasteiger partial charge >= 0.3 is 0 Å². The minimum absolute atomic E-state index is 0.232.